The summed E-state index contributed by atoms with van der Waals surface area (Å²) in [6.45, 7) is 4.65. The third-order valence-electron chi connectivity index (χ3n) is 3.12. The predicted molar refractivity (Wildman–Crippen MR) is 62.4 cm³/mol. The summed E-state index contributed by atoms with van der Waals surface area (Å²) in [5.74, 6) is -0.0987. The largest absolute Gasteiger partial charge is 0.369 e. The van der Waals surface area contributed by atoms with Crippen molar-refractivity contribution in [2.75, 3.05) is 6.54 Å². The van der Waals surface area contributed by atoms with Gasteiger partial charge in [-0.15, -0.1) is 6.58 Å². The van der Waals surface area contributed by atoms with E-state index in [-0.39, 0.29) is 11.8 Å². The highest BCUT2D eigenvalue weighted by Crippen LogP contribution is 2.24. The molecule has 86 valence electrons. The Hall–Kier alpha value is -0.830. The molecule has 0 aromatic carbocycles. The number of carbonyl (C=O) groups excluding carboxylic acids is 1. The Kier molecular flexibility index (Phi) is 5.40. The second-order valence-corrected chi connectivity index (χ2v) is 4.28. The lowest BCUT2D eigenvalue weighted by Gasteiger charge is -2.30. The van der Waals surface area contributed by atoms with Gasteiger partial charge >= 0.3 is 0 Å². The molecule has 0 spiro atoms. The van der Waals surface area contributed by atoms with Crippen molar-refractivity contribution in [2.24, 2.45) is 11.7 Å². The van der Waals surface area contributed by atoms with Crippen LogP contribution < -0.4 is 11.1 Å². The Balaban J connectivity index is 2.29. The van der Waals surface area contributed by atoms with E-state index in [9.17, 15) is 4.79 Å². The van der Waals surface area contributed by atoms with Crippen molar-refractivity contribution in [3.63, 3.8) is 0 Å². The highest BCUT2D eigenvalue weighted by Gasteiger charge is 2.28. The van der Waals surface area contributed by atoms with Crippen LogP contribution in [0, 0.1) is 5.92 Å². The van der Waals surface area contributed by atoms with Crippen LogP contribution in [0.2, 0.25) is 0 Å². The van der Waals surface area contributed by atoms with Crippen LogP contribution in [-0.4, -0.2) is 18.5 Å². The standard InChI is InChI=1S/C12H22N2O/c1-2-3-6-9-14-11-8-5-4-7-10(11)12(13)15/h2,10-11,14H,1,3-9H2,(H2,13,15)/t10-,11+/m0/s1. The van der Waals surface area contributed by atoms with Gasteiger partial charge in [0.2, 0.25) is 5.91 Å². The van der Waals surface area contributed by atoms with Crippen LogP contribution in [0.4, 0.5) is 0 Å². The average Bonchev–Trinajstić information content (AvgIpc) is 2.25. The number of unbranched alkanes of at least 4 members (excludes halogenated alkanes) is 1. The molecule has 0 aliphatic heterocycles. The third-order valence-corrected chi connectivity index (χ3v) is 3.12. The number of hydrogen-bond donors (Lipinski definition) is 2. The van der Waals surface area contributed by atoms with Crippen LogP contribution >= 0.6 is 0 Å². The van der Waals surface area contributed by atoms with E-state index in [4.69, 9.17) is 5.73 Å². The Morgan fingerprint density at radius 3 is 2.87 bits per heavy atom. The van der Waals surface area contributed by atoms with Gasteiger partial charge in [0.05, 0.1) is 5.92 Å². The number of nitrogens with two attached hydrogens (primary N) is 1. The molecule has 0 bridgehead atoms. The van der Waals surface area contributed by atoms with Gasteiger partial charge in [-0.25, -0.2) is 0 Å². The maximum Gasteiger partial charge on any atom is 0.222 e. The fraction of sp³-hybridized carbons (Fsp3) is 0.750. The zero-order valence-corrected chi connectivity index (χ0v) is 9.37. The summed E-state index contributed by atoms with van der Waals surface area (Å²) in [6, 6.07) is 0.307. The highest BCUT2D eigenvalue weighted by molar-refractivity contribution is 5.77. The molecule has 0 unspecified atom stereocenters. The SMILES string of the molecule is C=CCCCN[C@@H]1CCCC[C@@H]1C(N)=O. The fourth-order valence-corrected chi connectivity index (χ4v) is 2.25. The summed E-state index contributed by atoms with van der Waals surface area (Å²) in [5, 5.41) is 3.44. The van der Waals surface area contributed by atoms with Gasteiger partial charge in [-0.05, 0) is 32.2 Å². The zero-order chi connectivity index (χ0) is 11.1. The van der Waals surface area contributed by atoms with E-state index in [1.807, 2.05) is 6.08 Å². The van der Waals surface area contributed by atoms with Gasteiger partial charge < -0.3 is 11.1 Å². The lowest BCUT2D eigenvalue weighted by atomic mass is 9.84. The fourth-order valence-electron chi connectivity index (χ4n) is 2.25. The van der Waals surface area contributed by atoms with Gasteiger partial charge in [0.15, 0.2) is 0 Å². The van der Waals surface area contributed by atoms with E-state index in [0.717, 1.165) is 38.6 Å². The van der Waals surface area contributed by atoms with Crippen molar-refractivity contribution in [3.05, 3.63) is 12.7 Å². The maximum atomic E-state index is 11.2. The maximum absolute atomic E-state index is 11.2. The normalized spacial score (nSPS) is 26.1. The van der Waals surface area contributed by atoms with Crippen LogP contribution in [0.1, 0.15) is 38.5 Å². The summed E-state index contributed by atoms with van der Waals surface area (Å²) < 4.78 is 0. The highest BCUT2D eigenvalue weighted by atomic mass is 16.1. The quantitative estimate of drug-likeness (QED) is 0.516. The minimum atomic E-state index is -0.143. The minimum absolute atomic E-state index is 0.0440. The van der Waals surface area contributed by atoms with Crippen LogP contribution in [0.15, 0.2) is 12.7 Å². The molecule has 0 radical (unpaired) electrons. The summed E-state index contributed by atoms with van der Waals surface area (Å²) in [7, 11) is 0. The molecule has 3 N–H and O–H groups in total. The Bertz CT molecular complexity index is 216. The zero-order valence-electron chi connectivity index (χ0n) is 9.37. The molecule has 3 heteroatoms. The monoisotopic (exact) mass is 210 g/mol. The summed E-state index contributed by atoms with van der Waals surface area (Å²) >= 11 is 0. The number of allylic oxidation sites excluding steroid dienone is 1. The molecule has 1 amide bonds. The van der Waals surface area contributed by atoms with Crippen LogP contribution in [-0.2, 0) is 4.79 Å². The third kappa shape index (κ3) is 4.04. The van der Waals surface area contributed by atoms with Gasteiger partial charge in [-0.3, -0.25) is 4.79 Å². The first kappa shape index (κ1) is 12.2. The number of amides is 1. The lowest BCUT2D eigenvalue weighted by Crippen LogP contribution is -2.45. The summed E-state index contributed by atoms with van der Waals surface area (Å²) in [4.78, 5) is 11.2. The van der Waals surface area contributed by atoms with E-state index in [1.54, 1.807) is 0 Å². The summed E-state index contributed by atoms with van der Waals surface area (Å²) in [5.41, 5.74) is 5.39. The van der Waals surface area contributed by atoms with E-state index in [1.165, 1.54) is 6.42 Å². The van der Waals surface area contributed by atoms with Gasteiger partial charge in [0.25, 0.3) is 0 Å². The van der Waals surface area contributed by atoms with Gasteiger partial charge in [-0.2, -0.15) is 0 Å². The number of rotatable bonds is 6. The van der Waals surface area contributed by atoms with Gasteiger partial charge in [0.1, 0.15) is 0 Å². The molecule has 1 saturated carbocycles. The van der Waals surface area contributed by atoms with Crippen molar-refractivity contribution in [1.82, 2.24) is 5.32 Å². The Labute approximate surface area is 92.1 Å². The molecule has 1 fully saturated rings. The molecular weight excluding hydrogens is 188 g/mol. The molecule has 0 heterocycles. The van der Waals surface area contributed by atoms with E-state index < -0.39 is 0 Å². The van der Waals surface area contributed by atoms with E-state index in [2.05, 4.69) is 11.9 Å². The van der Waals surface area contributed by atoms with Gasteiger partial charge in [-0.1, -0.05) is 18.9 Å². The first-order valence-electron chi connectivity index (χ1n) is 5.89. The van der Waals surface area contributed by atoms with Gasteiger partial charge in [0, 0.05) is 6.04 Å². The number of nitrogens with one attached hydrogen (secondary N) is 1. The van der Waals surface area contributed by atoms with Crippen LogP contribution in [0.25, 0.3) is 0 Å². The molecule has 0 saturated heterocycles. The minimum Gasteiger partial charge on any atom is -0.369 e. The number of carbonyl (C=O) groups is 1. The molecule has 0 aromatic rings. The van der Waals surface area contributed by atoms with Crippen LogP contribution in [0.3, 0.4) is 0 Å². The smallest absolute Gasteiger partial charge is 0.222 e. The van der Waals surface area contributed by atoms with Crippen molar-refractivity contribution >= 4 is 5.91 Å². The molecular formula is C12H22N2O. The van der Waals surface area contributed by atoms with Crippen LogP contribution in [0.5, 0.6) is 0 Å². The van der Waals surface area contributed by atoms with Crippen molar-refractivity contribution in [2.45, 2.75) is 44.6 Å². The predicted octanol–water partition coefficient (Wildman–Crippen LogP) is 1.59. The Morgan fingerprint density at radius 1 is 1.47 bits per heavy atom. The number of primary amides is 1. The topological polar surface area (TPSA) is 55.1 Å². The molecule has 0 aromatic heterocycles. The average molecular weight is 210 g/mol. The molecule has 3 nitrogen and oxygen atoms in total. The van der Waals surface area contributed by atoms with E-state index in [0.29, 0.717) is 6.04 Å². The number of hydrogen-bond acceptors (Lipinski definition) is 2. The second kappa shape index (κ2) is 6.62. The summed E-state index contributed by atoms with van der Waals surface area (Å²) in [6.07, 6.45) is 8.43. The molecule has 15 heavy (non-hydrogen) atoms. The molecule has 1 aliphatic rings. The Morgan fingerprint density at radius 2 is 2.20 bits per heavy atom. The van der Waals surface area contributed by atoms with Crippen molar-refractivity contribution in [3.8, 4) is 0 Å². The second-order valence-electron chi connectivity index (χ2n) is 4.28. The lowest BCUT2D eigenvalue weighted by molar-refractivity contribution is -0.123. The first-order valence-corrected chi connectivity index (χ1v) is 5.89. The molecule has 1 aliphatic carbocycles. The first-order chi connectivity index (χ1) is 7.25. The van der Waals surface area contributed by atoms with E-state index >= 15 is 0 Å². The molecule has 2 atom stereocenters. The van der Waals surface area contributed by atoms with Crippen molar-refractivity contribution < 1.29 is 4.79 Å². The molecule has 1 rings (SSSR count). The van der Waals surface area contributed by atoms with Crippen molar-refractivity contribution in [1.29, 1.82) is 0 Å².